The van der Waals surface area contributed by atoms with Gasteiger partial charge in [0.25, 0.3) is 0 Å². The third-order valence-electron chi connectivity index (χ3n) is 6.54. The molecule has 0 fully saturated rings. The first kappa shape index (κ1) is 25.5. The molecule has 2 aromatic rings. The molecule has 4 rings (SSSR count). The molecule has 1 N–H and O–H groups in total. The van der Waals surface area contributed by atoms with E-state index >= 15 is 0 Å². The van der Waals surface area contributed by atoms with Crippen LogP contribution in [-0.2, 0) is 14.3 Å². The zero-order valence-corrected chi connectivity index (χ0v) is 21.4. The van der Waals surface area contributed by atoms with Crippen LogP contribution in [0.5, 0.6) is 11.5 Å². The van der Waals surface area contributed by atoms with E-state index in [9.17, 15) is 14.4 Å². The highest BCUT2D eigenvalue weighted by Gasteiger charge is 2.46. The third-order valence-corrected chi connectivity index (χ3v) is 6.79. The lowest BCUT2D eigenvalue weighted by atomic mass is 9.66. The molecule has 0 spiro atoms. The summed E-state index contributed by atoms with van der Waals surface area (Å²) in [6.45, 7) is 8.15. The first-order valence-corrected chi connectivity index (χ1v) is 11.9. The van der Waals surface area contributed by atoms with Crippen LogP contribution in [-0.4, -0.2) is 31.9 Å². The first-order chi connectivity index (χ1) is 17.0. The molecule has 2 unspecified atom stereocenters. The van der Waals surface area contributed by atoms with Gasteiger partial charge in [0.2, 0.25) is 0 Å². The molecule has 0 bridgehead atoms. The summed E-state index contributed by atoms with van der Waals surface area (Å²) in [6.07, 6.45) is 1.00. The van der Waals surface area contributed by atoms with E-state index in [1.54, 1.807) is 42.5 Å². The number of halogens is 1. The van der Waals surface area contributed by atoms with Crippen LogP contribution in [0.1, 0.15) is 48.5 Å². The number of ketones is 1. The summed E-state index contributed by atoms with van der Waals surface area (Å²) in [5.41, 5.74) is 2.54. The molecule has 7 nitrogen and oxygen atoms in total. The van der Waals surface area contributed by atoms with Crippen LogP contribution in [0, 0.1) is 11.3 Å². The number of ether oxygens (including phenoxy) is 3. The number of nitrogens with one attached hydrogen (secondary N) is 1. The molecule has 8 heteroatoms. The van der Waals surface area contributed by atoms with Crippen molar-refractivity contribution in [2.45, 2.75) is 32.6 Å². The second-order valence-corrected chi connectivity index (χ2v) is 10.2. The maximum absolute atomic E-state index is 13.3. The van der Waals surface area contributed by atoms with Crippen molar-refractivity contribution < 1.29 is 28.6 Å². The van der Waals surface area contributed by atoms with Crippen molar-refractivity contribution in [1.29, 1.82) is 0 Å². The number of allylic oxidation sites excluding steroid dienone is 2. The average molecular weight is 510 g/mol. The molecule has 2 aromatic carbocycles. The number of methoxy groups -OCH3 is 2. The van der Waals surface area contributed by atoms with Gasteiger partial charge in [-0.25, -0.2) is 4.79 Å². The minimum Gasteiger partial charge on any atom is -0.493 e. The van der Waals surface area contributed by atoms with Crippen LogP contribution in [0.2, 0.25) is 5.02 Å². The summed E-state index contributed by atoms with van der Waals surface area (Å²) < 4.78 is 16.2. The van der Waals surface area contributed by atoms with Gasteiger partial charge in [-0.05, 0) is 53.8 Å². The number of hydrogen-bond acceptors (Lipinski definition) is 7. The number of hydrogen-bond donors (Lipinski definition) is 1. The highest BCUT2D eigenvalue weighted by molar-refractivity contribution is 6.30. The van der Waals surface area contributed by atoms with E-state index in [0.717, 1.165) is 5.70 Å². The highest BCUT2D eigenvalue weighted by atomic mass is 35.5. The van der Waals surface area contributed by atoms with Gasteiger partial charge in [-0.1, -0.05) is 38.1 Å². The molecule has 188 valence electrons. The van der Waals surface area contributed by atoms with E-state index in [-0.39, 0.29) is 22.7 Å². The van der Waals surface area contributed by atoms with Gasteiger partial charge in [-0.2, -0.15) is 0 Å². The summed E-state index contributed by atoms with van der Waals surface area (Å²) in [5, 5.41) is 3.72. The zero-order chi connectivity index (χ0) is 26.2. The molecule has 2 aliphatic rings. The normalized spacial score (nSPS) is 20.8. The lowest BCUT2D eigenvalue weighted by Crippen LogP contribution is -2.43. The van der Waals surface area contributed by atoms with Crippen molar-refractivity contribution >= 4 is 29.3 Å². The van der Waals surface area contributed by atoms with Gasteiger partial charge in [-0.3, -0.25) is 9.59 Å². The Balaban J connectivity index is 1.76. The van der Waals surface area contributed by atoms with E-state index < -0.39 is 23.8 Å². The summed E-state index contributed by atoms with van der Waals surface area (Å²) in [7, 11) is 2.76. The Morgan fingerprint density at radius 3 is 2.39 bits per heavy atom. The van der Waals surface area contributed by atoms with Gasteiger partial charge in [-0.15, -0.1) is 0 Å². The molecule has 0 radical (unpaired) electrons. The SMILES string of the molecule is C=C1NC2=C(C(=O)CC(C)(C)C2)C(c2ccc(OC(=O)c3ccc(Cl)cc3)c(OC)c2)C1C(=O)OC. The predicted molar refractivity (Wildman–Crippen MR) is 135 cm³/mol. The highest BCUT2D eigenvalue weighted by Crippen LogP contribution is 2.49. The van der Waals surface area contributed by atoms with Crippen molar-refractivity contribution in [2.75, 3.05) is 14.2 Å². The quantitative estimate of drug-likeness (QED) is 0.437. The third kappa shape index (κ3) is 4.88. The predicted octanol–water partition coefficient (Wildman–Crippen LogP) is 5.20. The number of benzene rings is 2. The first-order valence-electron chi connectivity index (χ1n) is 11.5. The van der Waals surface area contributed by atoms with E-state index in [2.05, 4.69) is 11.9 Å². The number of Topliss-reactive ketones (excluding diaryl/α,β-unsaturated/α-hetero) is 1. The van der Waals surface area contributed by atoms with Crippen molar-refractivity contribution in [2.24, 2.45) is 11.3 Å². The standard InChI is InChI=1S/C28H28ClNO6/c1-15-23(27(33)35-5)24(25-19(30-15)13-28(2,3)14-20(25)31)17-8-11-21(22(12-17)34-4)36-26(32)16-6-9-18(29)10-7-16/h6-12,23-24,30H,1,13-14H2,2-5H3. The monoisotopic (exact) mass is 509 g/mol. The fraction of sp³-hybridized carbons (Fsp3) is 0.321. The van der Waals surface area contributed by atoms with Gasteiger partial charge < -0.3 is 19.5 Å². The van der Waals surface area contributed by atoms with Gasteiger partial charge in [0.15, 0.2) is 17.3 Å². The van der Waals surface area contributed by atoms with Crippen molar-refractivity contribution in [3.05, 3.63) is 82.2 Å². The Morgan fingerprint density at radius 1 is 1.06 bits per heavy atom. The van der Waals surface area contributed by atoms with Crippen molar-refractivity contribution in [3.63, 3.8) is 0 Å². The summed E-state index contributed by atoms with van der Waals surface area (Å²) in [6, 6.07) is 11.3. The van der Waals surface area contributed by atoms with Gasteiger partial charge in [0.1, 0.15) is 5.92 Å². The molecule has 1 aliphatic carbocycles. The number of esters is 2. The maximum atomic E-state index is 13.3. The molecule has 0 saturated carbocycles. The zero-order valence-electron chi connectivity index (χ0n) is 20.6. The Morgan fingerprint density at radius 2 is 1.75 bits per heavy atom. The topological polar surface area (TPSA) is 90.9 Å². The lowest BCUT2D eigenvalue weighted by Gasteiger charge is -2.42. The Kier molecular flexibility index (Phi) is 6.96. The van der Waals surface area contributed by atoms with Crippen molar-refractivity contribution in [1.82, 2.24) is 5.32 Å². The second kappa shape index (κ2) is 9.82. The molecular formula is C28H28ClNO6. The summed E-state index contributed by atoms with van der Waals surface area (Å²) in [5.74, 6) is -2.06. The Labute approximate surface area is 215 Å². The Bertz CT molecular complexity index is 1280. The van der Waals surface area contributed by atoms with Gasteiger partial charge >= 0.3 is 11.9 Å². The minimum absolute atomic E-state index is 0.0302. The molecule has 1 heterocycles. The summed E-state index contributed by atoms with van der Waals surface area (Å²) >= 11 is 5.90. The minimum atomic E-state index is -0.814. The van der Waals surface area contributed by atoms with Crippen LogP contribution < -0.4 is 14.8 Å². The smallest absolute Gasteiger partial charge is 0.343 e. The fourth-order valence-corrected chi connectivity index (χ4v) is 5.04. The summed E-state index contributed by atoms with van der Waals surface area (Å²) in [4.78, 5) is 38.8. The van der Waals surface area contributed by atoms with E-state index in [0.29, 0.717) is 40.3 Å². The Hall–Kier alpha value is -3.58. The fourth-order valence-electron chi connectivity index (χ4n) is 4.92. The van der Waals surface area contributed by atoms with Crippen molar-refractivity contribution in [3.8, 4) is 11.5 Å². The van der Waals surface area contributed by atoms with Gasteiger partial charge in [0, 0.05) is 34.3 Å². The number of carbonyl (C=O) groups is 3. The van der Waals surface area contributed by atoms with Crippen LogP contribution in [0.15, 0.2) is 66.0 Å². The van der Waals surface area contributed by atoms with Crippen LogP contribution in [0.3, 0.4) is 0 Å². The number of rotatable bonds is 5. The molecule has 1 aliphatic heterocycles. The van der Waals surface area contributed by atoms with Crippen LogP contribution in [0.4, 0.5) is 0 Å². The molecule has 0 saturated heterocycles. The largest absolute Gasteiger partial charge is 0.493 e. The second-order valence-electron chi connectivity index (χ2n) is 9.77. The number of carbonyl (C=O) groups excluding carboxylic acids is 3. The molecule has 2 atom stereocenters. The molecule has 0 aromatic heterocycles. The molecular weight excluding hydrogens is 482 g/mol. The average Bonchev–Trinajstić information content (AvgIpc) is 2.82. The molecule has 36 heavy (non-hydrogen) atoms. The van der Waals surface area contributed by atoms with E-state index in [4.69, 9.17) is 25.8 Å². The molecule has 0 amide bonds. The van der Waals surface area contributed by atoms with Gasteiger partial charge in [0.05, 0.1) is 19.8 Å². The van der Waals surface area contributed by atoms with Crippen LogP contribution in [0.25, 0.3) is 0 Å². The lowest BCUT2D eigenvalue weighted by molar-refractivity contribution is -0.144. The maximum Gasteiger partial charge on any atom is 0.343 e. The van der Waals surface area contributed by atoms with E-state index in [1.165, 1.54) is 14.2 Å². The van der Waals surface area contributed by atoms with E-state index in [1.807, 2.05) is 13.8 Å². The van der Waals surface area contributed by atoms with Crippen LogP contribution >= 0.6 is 11.6 Å².